The molecule has 1 aromatic rings. The van der Waals surface area contributed by atoms with E-state index in [1.54, 1.807) is 24.3 Å². The lowest BCUT2D eigenvalue weighted by Crippen LogP contribution is -2.24. The number of nitrogens with zero attached hydrogens (tertiary/aromatic N) is 1. The Kier molecular flexibility index (Phi) is 7.11. The summed E-state index contributed by atoms with van der Waals surface area (Å²) in [5, 5.41) is 0. The molecule has 0 saturated carbocycles. The summed E-state index contributed by atoms with van der Waals surface area (Å²) in [4.78, 5) is 13.7. The van der Waals surface area contributed by atoms with E-state index in [4.69, 9.17) is 9.47 Å². The van der Waals surface area contributed by atoms with Crippen molar-refractivity contribution in [3.8, 4) is 5.75 Å². The third kappa shape index (κ3) is 7.34. The van der Waals surface area contributed by atoms with Gasteiger partial charge in [0.05, 0.1) is 7.11 Å². The Labute approximate surface area is 145 Å². The molecular weight excluding hydrogens is 335 g/mol. The predicted molar refractivity (Wildman–Crippen MR) is 87.2 cm³/mol. The molecule has 0 bridgehead atoms. The molecule has 0 radical (unpaired) electrons. The molecule has 0 N–H and O–H groups in total. The molecule has 1 aromatic carbocycles. The average Bonchev–Trinajstić information content (AvgIpc) is 2.79. The highest BCUT2D eigenvalue weighted by atomic mass is 19.4. The number of carbonyl (C=O) groups excluding carboxylic acids is 1. The van der Waals surface area contributed by atoms with Crippen molar-refractivity contribution in [1.82, 2.24) is 4.90 Å². The number of likely N-dealkylation sites (tertiary alicyclic amines) is 1. The molecule has 0 aliphatic carbocycles. The van der Waals surface area contributed by atoms with Gasteiger partial charge in [0.2, 0.25) is 0 Å². The van der Waals surface area contributed by atoms with Gasteiger partial charge in [0.25, 0.3) is 0 Å². The number of alkyl halides is 3. The lowest BCUT2D eigenvalue weighted by Gasteiger charge is -2.20. The van der Waals surface area contributed by atoms with Crippen molar-refractivity contribution in [2.45, 2.75) is 38.4 Å². The summed E-state index contributed by atoms with van der Waals surface area (Å²) in [6.45, 7) is 1.31. The van der Waals surface area contributed by atoms with E-state index in [0.717, 1.165) is 44.5 Å². The third-order valence-corrected chi connectivity index (χ3v) is 4.36. The minimum atomic E-state index is -4.33. The van der Waals surface area contributed by atoms with Gasteiger partial charge in [-0.3, -0.25) is 9.69 Å². The van der Waals surface area contributed by atoms with Crippen LogP contribution in [0.25, 0.3) is 0 Å². The number of halogens is 3. The molecule has 7 heteroatoms. The Hall–Kier alpha value is -1.76. The highest BCUT2D eigenvalue weighted by Crippen LogP contribution is 2.23. The normalized spacial score (nSPS) is 19.3. The van der Waals surface area contributed by atoms with Gasteiger partial charge in [0.15, 0.2) is 6.61 Å². The molecule has 0 spiro atoms. The van der Waals surface area contributed by atoms with Crippen LogP contribution in [0, 0.1) is 5.92 Å². The maximum atomic E-state index is 12.1. The Morgan fingerprint density at radius 3 is 2.56 bits per heavy atom. The number of ether oxygens (including phenoxy) is 2. The second-order valence-corrected chi connectivity index (χ2v) is 6.40. The zero-order valence-electron chi connectivity index (χ0n) is 14.3. The summed E-state index contributed by atoms with van der Waals surface area (Å²) in [6.07, 6.45) is -0.882. The van der Waals surface area contributed by atoms with E-state index in [1.165, 1.54) is 7.11 Å². The molecule has 0 aromatic heterocycles. The number of rotatable bonds is 6. The lowest BCUT2D eigenvalue weighted by molar-refractivity contribution is -0.153. The van der Waals surface area contributed by atoms with Crippen LogP contribution in [0.2, 0.25) is 0 Å². The van der Waals surface area contributed by atoms with Crippen LogP contribution in [0.3, 0.4) is 0 Å². The zero-order chi connectivity index (χ0) is 18.3. The Balaban J connectivity index is 1.80. The van der Waals surface area contributed by atoms with E-state index < -0.39 is 12.8 Å². The molecule has 2 rings (SSSR count). The van der Waals surface area contributed by atoms with Crippen LogP contribution in [0.1, 0.15) is 31.2 Å². The Morgan fingerprint density at radius 2 is 1.92 bits per heavy atom. The van der Waals surface area contributed by atoms with Crippen molar-refractivity contribution < 1.29 is 27.4 Å². The van der Waals surface area contributed by atoms with Crippen molar-refractivity contribution in [3.05, 3.63) is 29.8 Å². The van der Waals surface area contributed by atoms with Crippen molar-refractivity contribution >= 4 is 5.97 Å². The minimum Gasteiger partial charge on any atom is -0.484 e. The van der Waals surface area contributed by atoms with Crippen LogP contribution < -0.4 is 4.74 Å². The number of carbonyl (C=O) groups is 1. The van der Waals surface area contributed by atoms with Gasteiger partial charge in [0.1, 0.15) is 5.75 Å². The third-order valence-electron chi connectivity index (χ3n) is 4.36. The summed E-state index contributed by atoms with van der Waals surface area (Å²) in [6, 6.07) is 6.73. The second-order valence-electron chi connectivity index (χ2n) is 6.40. The quantitative estimate of drug-likeness (QED) is 0.725. The van der Waals surface area contributed by atoms with Crippen LogP contribution in [0.4, 0.5) is 13.2 Å². The van der Waals surface area contributed by atoms with Crippen LogP contribution in [-0.4, -0.2) is 43.9 Å². The molecule has 140 valence electrons. The smallest absolute Gasteiger partial charge is 0.422 e. The fourth-order valence-corrected chi connectivity index (χ4v) is 3.02. The highest BCUT2D eigenvalue weighted by Gasteiger charge is 2.28. The molecule has 1 aliphatic heterocycles. The molecule has 1 aliphatic rings. The maximum Gasteiger partial charge on any atom is 0.422 e. The number of benzene rings is 1. The van der Waals surface area contributed by atoms with Gasteiger partial charge in [-0.2, -0.15) is 13.2 Å². The Bertz CT molecular complexity index is 545. The predicted octanol–water partition coefficient (Wildman–Crippen LogP) is 3.79. The molecule has 1 saturated heterocycles. The topological polar surface area (TPSA) is 38.8 Å². The molecular formula is C18H24F3NO3. The first kappa shape index (κ1) is 19.6. The summed E-state index contributed by atoms with van der Waals surface area (Å²) in [5.41, 5.74) is 1.03. The van der Waals surface area contributed by atoms with Gasteiger partial charge in [-0.05, 0) is 56.0 Å². The molecule has 1 fully saturated rings. The van der Waals surface area contributed by atoms with Crippen LogP contribution in [-0.2, 0) is 16.1 Å². The first-order valence-electron chi connectivity index (χ1n) is 8.43. The van der Waals surface area contributed by atoms with Gasteiger partial charge in [-0.25, -0.2) is 0 Å². The van der Waals surface area contributed by atoms with E-state index in [1.807, 2.05) is 0 Å². The van der Waals surface area contributed by atoms with E-state index >= 15 is 0 Å². The van der Waals surface area contributed by atoms with Crippen LogP contribution >= 0.6 is 0 Å². The summed E-state index contributed by atoms with van der Waals surface area (Å²) < 4.78 is 45.9. The van der Waals surface area contributed by atoms with E-state index in [0.29, 0.717) is 12.3 Å². The fourth-order valence-electron chi connectivity index (χ4n) is 3.02. The fraction of sp³-hybridized carbons (Fsp3) is 0.611. The van der Waals surface area contributed by atoms with E-state index in [9.17, 15) is 18.0 Å². The summed E-state index contributed by atoms with van der Waals surface area (Å²) in [7, 11) is 1.41. The first-order chi connectivity index (χ1) is 11.9. The Morgan fingerprint density at radius 1 is 1.20 bits per heavy atom. The zero-order valence-corrected chi connectivity index (χ0v) is 14.3. The highest BCUT2D eigenvalue weighted by molar-refractivity contribution is 5.69. The van der Waals surface area contributed by atoms with Gasteiger partial charge >= 0.3 is 12.1 Å². The number of esters is 1. The summed E-state index contributed by atoms with van der Waals surface area (Å²) in [5.74, 6) is 0.415. The SMILES string of the molecule is COC(=O)C[C@H]1CCCN(Cc2ccc(OCC(F)(F)F)cc2)CC1. The van der Waals surface area contributed by atoms with Gasteiger partial charge in [0, 0.05) is 13.0 Å². The largest absolute Gasteiger partial charge is 0.484 e. The van der Waals surface area contributed by atoms with Crippen LogP contribution in [0.15, 0.2) is 24.3 Å². The molecule has 1 heterocycles. The molecule has 0 amide bonds. The van der Waals surface area contributed by atoms with Gasteiger partial charge < -0.3 is 9.47 Å². The molecule has 0 unspecified atom stereocenters. The molecule has 4 nitrogen and oxygen atoms in total. The van der Waals surface area contributed by atoms with Gasteiger partial charge in [-0.1, -0.05) is 12.1 Å². The van der Waals surface area contributed by atoms with Crippen molar-refractivity contribution in [2.24, 2.45) is 5.92 Å². The summed E-state index contributed by atoms with van der Waals surface area (Å²) >= 11 is 0. The van der Waals surface area contributed by atoms with Crippen LogP contribution in [0.5, 0.6) is 5.75 Å². The molecule has 1 atom stereocenters. The van der Waals surface area contributed by atoms with E-state index in [2.05, 4.69) is 4.90 Å². The van der Waals surface area contributed by atoms with E-state index in [-0.39, 0.29) is 11.7 Å². The minimum absolute atomic E-state index is 0.159. The first-order valence-corrected chi connectivity index (χ1v) is 8.43. The standard InChI is InChI=1S/C18H24F3NO3/c1-24-17(23)11-14-3-2-9-22(10-8-14)12-15-4-6-16(7-5-15)25-13-18(19,20)21/h4-7,14H,2-3,8-13H2,1H3/t14-/m0/s1. The second kappa shape index (κ2) is 9.08. The number of methoxy groups -OCH3 is 1. The lowest BCUT2D eigenvalue weighted by atomic mass is 9.97. The molecule has 25 heavy (non-hydrogen) atoms. The monoisotopic (exact) mass is 359 g/mol. The number of hydrogen-bond acceptors (Lipinski definition) is 4. The van der Waals surface area contributed by atoms with Crippen molar-refractivity contribution in [1.29, 1.82) is 0 Å². The average molecular weight is 359 g/mol. The van der Waals surface area contributed by atoms with Crippen molar-refractivity contribution in [3.63, 3.8) is 0 Å². The van der Waals surface area contributed by atoms with Crippen molar-refractivity contribution in [2.75, 3.05) is 26.8 Å². The number of hydrogen-bond donors (Lipinski definition) is 0. The van der Waals surface area contributed by atoms with Gasteiger partial charge in [-0.15, -0.1) is 0 Å². The maximum absolute atomic E-state index is 12.1.